The number of hydrogen-bond acceptors (Lipinski definition) is 3. The maximum atomic E-state index is 6.22. The standard InChI is InChI=1S/C17H26BrNO2/c1-17(2,3)19-10-16(14-6-4-5-7-15(14)18)21-12-13-8-9-20-11-13/h4-7,13,16,19H,8-12H2,1-3H3. The fourth-order valence-electron chi connectivity index (χ4n) is 2.36. The SMILES string of the molecule is CC(C)(C)NCC(OCC1CCOC1)c1ccccc1Br. The van der Waals surface area contributed by atoms with Crippen molar-refractivity contribution in [3.8, 4) is 0 Å². The lowest BCUT2D eigenvalue weighted by atomic mass is 10.1. The van der Waals surface area contributed by atoms with Gasteiger partial charge in [0.1, 0.15) is 0 Å². The van der Waals surface area contributed by atoms with Crippen LogP contribution in [-0.2, 0) is 9.47 Å². The first-order chi connectivity index (χ1) is 9.96. The molecule has 1 aromatic carbocycles. The van der Waals surface area contributed by atoms with Crippen LogP contribution in [0.25, 0.3) is 0 Å². The molecule has 1 aliphatic heterocycles. The molecule has 1 heterocycles. The molecule has 0 spiro atoms. The van der Waals surface area contributed by atoms with E-state index in [9.17, 15) is 0 Å². The van der Waals surface area contributed by atoms with Crippen molar-refractivity contribution in [3.63, 3.8) is 0 Å². The third-order valence-electron chi connectivity index (χ3n) is 3.63. The van der Waals surface area contributed by atoms with Crippen molar-refractivity contribution in [1.29, 1.82) is 0 Å². The first kappa shape index (κ1) is 16.9. The Kier molecular flexibility index (Phi) is 6.23. The van der Waals surface area contributed by atoms with E-state index in [1.54, 1.807) is 0 Å². The number of halogens is 1. The molecule has 3 nitrogen and oxygen atoms in total. The molecule has 4 heteroatoms. The summed E-state index contributed by atoms with van der Waals surface area (Å²) in [5, 5.41) is 3.55. The Morgan fingerprint density at radius 3 is 2.76 bits per heavy atom. The van der Waals surface area contributed by atoms with Gasteiger partial charge in [0.2, 0.25) is 0 Å². The molecule has 118 valence electrons. The van der Waals surface area contributed by atoms with E-state index in [0.29, 0.717) is 5.92 Å². The van der Waals surface area contributed by atoms with E-state index >= 15 is 0 Å². The average Bonchev–Trinajstić information content (AvgIpc) is 2.92. The number of nitrogens with one attached hydrogen (secondary N) is 1. The molecule has 1 aliphatic rings. The van der Waals surface area contributed by atoms with Crippen molar-refractivity contribution in [3.05, 3.63) is 34.3 Å². The van der Waals surface area contributed by atoms with Crippen molar-refractivity contribution < 1.29 is 9.47 Å². The summed E-state index contributed by atoms with van der Waals surface area (Å²) in [6.07, 6.45) is 1.16. The number of hydrogen-bond donors (Lipinski definition) is 1. The van der Waals surface area contributed by atoms with Crippen LogP contribution in [0.15, 0.2) is 28.7 Å². The summed E-state index contributed by atoms with van der Waals surface area (Å²) in [6, 6.07) is 8.30. The highest BCUT2D eigenvalue weighted by Gasteiger charge is 2.22. The number of ether oxygens (including phenoxy) is 2. The lowest BCUT2D eigenvalue weighted by Crippen LogP contribution is -2.39. The van der Waals surface area contributed by atoms with E-state index in [-0.39, 0.29) is 11.6 Å². The van der Waals surface area contributed by atoms with Crippen LogP contribution < -0.4 is 5.32 Å². The molecule has 1 N–H and O–H groups in total. The van der Waals surface area contributed by atoms with E-state index in [2.05, 4.69) is 60.2 Å². The molecule has 21 heavy (non-hydrogen) atoms. The maximum absolute atomic E-state index is 6.22. The largest absolute Gasteiger partial charge is 0.381 e. The number of rotatable bonds is 6. The van der Waals surface area contributed by atoms with Gasteiger partial charge < -0.3 is 14.8 Å². The number of benzene rings is 1. The molecule has 0 amide bonds. The third-order valence-corrected chi connectivity index (χ3v) is 4.35. The lowest BCUT2D eigenvalue weighted by molar-refractivity contribution is 0.0218. The van der Waals surface area contributed by atoms with Crippen LogP contribution in [0.5, 0.6) is 0 Å². The highest BCUT2D eigenvalue weighted by atomic mass is 79.9. The van der Waals surface area contributed by atoms with Crippen LogP contribution in [-0.4, -0.2) is 31.9 Å². The Morgan fingerprint density at radius 2 is 2.14 bits per heavy atom. The maximum Gasteiger partial charge on any atom is 0.0960 e. The van der Waals surface area contributed by atoms with E-state index in [1.165, 1.54) is 5.56 Å². The van der Waals surface area contributed by atoms with E-state index < -0.39 is 0 Å². The van der Waals surface area contributed by atoms with Gasteiger partial charge in [-0.05, 0) is 38.8 Å². The summed E-state index contributed by atoms with van der Waals surface area (Å²) in [7, 11) is 0. The topological polar surface area (TPSA) is 30.5 Å². The van der Waals surface area contributed by atoms with Crippen molar-refractivity contribution >= 4 is 15.9 Å². The Labute approximate surface area is 136 Å². The van der Waals surface area contributed by atoms with Gasteiger partial charge in [0.05, 0.1) is 19.3 Å². The second-order valence-electron chi connectivity index (χ2n) is 6.70. The van der Waals surface area contributed by atoms with Crippen molar-refractivity contribution in [1.82, 2.24) is 5.32 Å². The molecule has 0 radical (unpaired) electrons. The molecule has 1 fully saturated rings. The zero-order valence-corrected chi connectivity index (χ0v) is 14.8. The van der Waals surface area contributed by atoms with Gasteiger partial charge in [0.25, 0.3) is 0 Å². The molecule has 1 saturated heterocycles. The molecular weight excluding hydrogens is 330 g/mol. The van der Waals surface area contributed by atoms with Crippen LogP contribution in [0, 0.1) is 5.92 Å². The van der Waals surface area contributed by atoms with Gasteiger partial charge in [-0.2, -0.15) is 0 Å². The van der Waals surface area contributed by atoms with Crippen molar-refractivity contribution in [2.24, 2.45) is 5.92 Å². The molecule has 0 aromatic heterocycles. The van der Waals surface area contributed by atoms with Crippen LogP contribution in [0.3, 0.4) is 0 Å². The summed E-state index contributed by atoms with van der Waals surface area (Å²) < 4.78 is 12.7. The first-order valence-corrected chi connectivity index (χ1v) is 8.44. The highest BCUT2D eigenvalue weighted by molar-refractivity contribution is 9.10. The Hall–Kier alpha value is -0.420. The quantitative estimate of drug-likeness (QED) is 0.838. The molecular formula is C17H26BrNO2. The minimum atomic E-state index is 0.0559. The Morgan fingerprint density at radius 1 is 1.38 bits per heavy atom. The Bertz CT molecular complexity index is 439. The Balaban J connectivity index is 2.00. The van der Waals surface area contributed by atoms with Gasteiger partial charge in [0, 0.05) is 29.1 Å². The van der Waals surface area contributed by atoms with Gasteiger partial charge >= 0.3 is 0 Å². The third kappa shape index (κ3) is 5.70. The average molecular weight is 356 g/mol. The van der Waals surface area contributed by atoms with Gasteiger partial charge in [0.15, 0.2) is 0 Å². The van der Waals surface area contributed by atoms with Crippen molar-refractivity contribution in [2.75, 3.05) is 26.4 Å². The van der Waals surface area contributed by atoms with Crippen LogP contribution in [0.4, 0.5) is 0 Å². The molecule has 0 bridgehead atoms. The second kappa shape index (κ2) is 7.73. The lowest BCUT2D eigenvalue weighted by Gasteiger charge is -2.27. The van der Waals surface area contributed by atoms with Crippen LogP contribution in [0.2, 0.25) is 0 Å². The molecule has 1 aromatic rings. The van der Waals surface area contributed by atoms with E-state index in [1.807, 2.05) is 6.07 Å². The van der Waals surface area contributed by atoms with Crippen LogP contribution >= 0.6 is 15.9 Å². The monoisotopic (exact) mass is 355 g/mol. The zero-order valence-electron chi connectivity index (χ0n) is 13.2. The smallest absolute Gasteiger partial charge is 0.0960 e. The molecule has 2 unspecified atom stereocenters. The normalized spacial score (nSPS) is 20.7. The zero-order chi connectivity index (χ0) is 15.3. The van der Waals surface area contributed by atoms with E-state index in [0.717, 1.165) is 37.3 Å². The van der Waals surface area contributed by atoms with Crippen LogP contribution in [0.1, 0.15) is 38.9 Å². The van der Waals surface area contributed by atoms with Gasteiger partial charge in [-0.3, -0.25) is 0 Å². The summed E-state index contributed by atoms with van der Waals surface area (Å²) in [5.41, 5.74) is 1.28. The predicted octanol–water partition coefficient (Wildman–Crippen LogP) is 3.93. The predicted molar refractivity (Wildman–Crippen MR) is 89.5 cm³/mol. The highest BCUT2D eigenvalue weighted by Crippen LogP contribution is 2.27. The first-order valence-electron chi connectivity index (χ1n) is 7.64. The molecule has 2 rings (SSSR count). The fourth-order valence-corrected chi connectivity index (χ4v) is 2.90. The van der Waals surface area contributed by atoms with Gasteiger partial charge in [-0.15, -0.1) is 0 Å². The summed E-state index contributed by atoms with van der Waals surface area (Å²) >= 11 is 3.64. The summed E-state index contributed by atoms with van der Waals surface area (Å²) in [4.78, 5) is 0. The molecule has 0 aliphatic carbocycles. The van der Waals surface area contributed by atoms with Gasteiger partial charge in [-0.1, -0.05) is 34.1 Å². The molecule has 2 atom stereocenters. The summed E-state index contributed by atoms with van der Waals surface area (Å²) in [6.45, 7) is 9.79. The second-order valence-corrected chi connectivity index (χ2v) is 7.56. The van der Waals surface area contributed by atoms with Crippen molar-refractivity contribution in [2.45, 2.75) is 38.8 Å². The molecule has 0 saturated carbocycles. The summed E-state index contributed by atoms with van der Waals surface area (Å²) in [5.74, 6) is 0.532. The fraction of sp³-hybridized carbons (Fsp3) is 0.647. The minimum Gasteiger partial charge on any atom is -0.381 e. The van der Waals surface area contributed by atoms with Gasteiger partial charge in [-0.25, -0.2) is 0 Å². The minimum absolute atomic E-state index is 0.0559. The van der Waals surface area contributed by atoms with E-state index in [4.69, 9.17) is 9.47 Å².